The van der Waals surface area contributed by atoms with Crippen molar-refractivity contribution in [1.29, 1.82) is 0 Å². The maximum atomic E-state index is 13.0. The van der Waals surface area contributed by atoms with Crippen molar-refractivity contribution in [1.82, 2.24) is 14.9 Å². The van der Waals surface area contributed by atoms with Gasteiger partial charge in [0, 0.05) is 12.6 Å². The van der Waals surface area contributed by atoms with Gasteiger partial charge in [-0.1, -0.05) is 57.5 Å². The van der Waals surface area contributed by atoms with Gasteiger partial charge in [-0.3, -0.25) is 14.2 Å². The van der Waals surface area contributed by atoms with Crippen molar-refractivity contribution < 1.29 is 4.79 Å². The van der Waals surface area contributed by atoms with Crippen LogP contribution in [0.25, 0.3) is 10.9 Å². The molecule has 1 aromatic heterocycles. The molecule has 2 atom stereocenters. The number of nitrogens with one attached hydrogen (secondary N) is 1. The lowest BCUT2D eigenvalue weighted by Gasteiger charge is -2.29. The van der Waals surface area contributed by atoms with E-state index in [1.165, 1.54) is 31.0 Å². The third-order valence-corrected chi connectivity index (χ3v) is 6.52. The average molecular weight is 402 g/mol. The number of carbonyl (C=O) groups excluding carboxylic acids is 1. The van der Waals surface area contributed by atoms with Crippen LogP contribution in [0.5, 0.6) is 0 Å². The Balaban J connectivity index is 1.76. The molecule has 0 spiro atoms. The third kappa shape index (κ3) is 5.16. The first-order valence-electron chi connectivity index (χ1n) is 10.4. The standard InChI is InChI=1S/C22H31N3O2S/c1-15(2)12-13-25-21(27)17-9-5-7-11-19(17)24-22(25)28-14-20(26)23-18-10-6-4-8-16(18)3/h5,7,9,11,15-16,18H,4,6,8,10,12-14H2,1-3H3,(H,23,26)/t16-,18+/m1/s1. The minimum atomic E-state index is -0.0185. The molecule has 1 aliphatic rings. The normalized spacial score (nSPS) is 19.9. The fraction of sp³-hybridized carbons (Fsp3) is 0.591. The van der Waals surface area contributed by atoms with Crippen molar-refractivity contribution in [2.24, 2.45) is 11.8 Å². The maximum absolute atomic E-state index is 13.0. The molecule has 0 bridgehead atoms. The van der Waals surface area contributed by atoms with E-state index in [0.717, 1.165) is 12.8 Å². The predicted octanol–water partition coefficient (Wildman–Crippen LogP) is 4.23. The topological polar surface area (TPSA) is 64.0 Å². The van der Waals surface area contributed by atoms with Crippen molar-refractivity contribution in [2.45, 2.75) is 70.6 Å². The number of thioether (sulfide) groups is 1. The number of amides is 1. The Kier molecular flexibility index (Phi) is 7.16. The number of rotatable bonds is 7. The largest absolute Gasteiger partial charge is 0.352 e. The van der Waals surface area contributed by atoms with Crippen LogP contribution in [0, 0.1) is 11.8 Å². The summed E-state index contributed by atoms with van der Waals surface area (Å²) in [4.78, 5) is 30.2. The van der Waals surface area contributed by atoms with Gasteiger partial charge in [-0.2, -0.15) is 0 Å². The van der Waals surface area contributed by atoms with Gasteiger partial charge < -0.3 is 5.32 Å². The Morgan fingerprint density at radius 2 is 2.04 bits per heavy atom. The fourth-order valence-corrected chi connectivity index (χ4v) is 4.59. The van der Waals surface area contributed by atoms with Crippen molar-refractivity contribution in [3.8, 4) is 0 Å². The molecule has 3 rings (SSSR count). The van der Waals surface area contributed by atoms with E-state index in [-0.39, 0.29) is 23.3 Å². The van der Waals surface area contributed by atoms with Gasteiger partial charge in [-0.25, -0.2) is 4.98 Å². The van der Waals surface area contributed by atoms with Gasteiger partial charge in [0.15, 0.2) is 5.16 Å². The van der Waals surface area contributed by atoms with Crippen molar-refractivity contribution in [2.75, 3.05) is 5.75 Å². The maximum Gasteiger partial charge on any atom is 0.262 e. The van der Waals surface area contributed by atoms with Crippen LogP contribution in [-0.4, -0.2) is 27.3 Å². The molecule has 0 aliphatic heterocycles. The number of hydrogen-bond donors (Lipinski definition) is 1. The van der Waals surface area contributed by atoms with Gasteiger partial charge in [0.2, 0.25) is 5.91 Å². The first kappa shape index (κ1) is 20.9. The molecule has 1 aliphatic carbocycles. The lowest BCUT2D eigenvalue weighted by Crippen LogP contribution is -2.42. The van der Waals surface area contributed by atoms with E-state index in [1.807, 2.05) is 24.3 Å². The molecule has 5 nitrogen and oxygen atoms in total. The molecule has 1 amide bonds. The molecule has 1 saturated carbocycles. The van der Waals surface area contributed by atoms with Crippen LogP contribution in [0.1, 0.15) is 52.9 Å². The highest BCUT2D eigenvalue weighted by atomic mass is 32.2. The van der Waals surface area contributed by atoms with E-state index in [0.29, 0.717) is 34.4 Å². The average Bonchev–Trinajstić information content (AvgIpc) is 2.67. The molecule has 28 heavy (non-hydrogen) atoms. The third-order valence-electron chi connectivity index (χ3n) is 5.55. The molecule has 2 aromatic rings. The predicted molar refractivity (Wildman–Crippen MR) is 116 cm³/mol. The number of carbonyl (C=O) groups is 1. The second-order valence-corrected chi connectivity index (χ2v) is 9.22. The Morgan fingerprint density at radius 1 is 1.29 bits per heavy atom. The van der Waals surface area contributed by atoms with Crippen molar-refractivity contribution in [3.63, 3.8) is 0 Å². The summed E-state index contributed by atoms with van der Waals surface area (Å²) in [6.45, 7) is 7.12. The Hall–Kier alpha value is -1.82. The van der Waals surface area contributed by atoms with Gasteiger partial charge in [-0.15, -0.1) is 0 Å². The second-order valence-electron chi connectivity index (χ2n) is 8.28. The van der Waals surface area contributed by atoms with Gasteiger partial charge in [0.25, 0.3) is 5.56 Å². The molecule has 1 heterocycles. The van der Waals surface area contributed by atoms with Crippen LogP contribution < -0.4 is 10.9 Å². The van der Waals surface area contributed by atoms with E-state index in [9.17, 15) is 9.59 Å². The molecule has 0 radical (unpaired) electrons. The molecule has 0 unspecified atom stereocenters. The summed E-state index contributed by atoms with van der Waals surface area (Å²) in [5.74, 6) is 1.34. The highest BCUT2D eigenvalue weighted by molar-refractivity contribution is 7.99. The summed E-state index contributed by atoms with van der Waals surface area (Å²) in [7, 11) is 0. The molecule has 0 saturated heterocycles. The lowest BCUT2D eigenvalue weighted by molar-refractivity contribution is -0.119. The van der Waals surface area contributed by atoms with Crippen LogP contribution in [0.15, 0.2) is 34.2 Å². The zero-order chi connectivity index (χ0) is 20.1. The number of nitrogens with zero attached hydrogens (tertiary/aromatic N) is 2. The summed E-state index contributed by atoms with van der Waals surface area (Å²) in [5.41, 5.74) is 0.673. The quantitative estimate of drug-likeness (QED) is 0.557. The van der Waals surface area contributed by atoms with Crippen LogP contribution in [-0.2, 0) is 11.3 Å². The van der Waals surface area contributed by atoms with Gasteiger partial charge in [0.05, 0.1) is 16.7 Å². The second kappa shape index (κ2) is 9.59. The summed E-state index contributed by atoms with van der Waals surface area (Å²) in [6.07, 6.45) is 5.58. The minimum absolute atomic E-state index is 0.0185. The van der Waals surface area contributed by atoms with Gasteiger partial charge >= 0.3 is 0 Å². The van der Waals surface area contributed by atoms with Gasteiger partial charge in [-0.05, 0) is 43.2 Å². The zero-order valence-electron chi connectivity index (χ0n) is 17.1. The number of para-hydroxylation sites is 1. The number of fused-ring (bicyclic) bond motifs is 1. The van der Waals surface area contributed by atoms with Crippen molar-refractivity contribution in [3.05, 3.63) is 34.6 Å². The molecule has 1 fully saturated rings. The summed E-state index contributed by atoms with van der Waals surface area (Å²) in [6, 6.07) is 7.71. The first-order chi connectivity index (χ1) is 13.5. The van der Waals surface area contributed by atoms with E-state index >= 15 is 0 Å². The van der Waals surface area contributed by atoms with E-state index in [4.69, 9.17) is 4.98 Å². The molecule has 6 heteroatoms. The number of aromatic nitrogens is 2. The van der Waals surface area contributed by atoms with Crippen LogP contribution in [0.2, 0.25) is 0 Å². The minimum Gasteiger partial charge on any atom is -0.352 e. The van der Waals surface area contributed by atoms with Crippen LogP contribution in [0.4, 0.5) is 0 Å². The Morgan fingerprint density at radius 3 is 2.79 bits per heavy atom. The monoisotopic (exact) mass is 401 g/mol. The number of benzene rings is 1. The van der Waals surface area contributed by atoms with E-state index < -0.39 is 0 Å². The SMILES string of the molecule is CC(C)CCn1c(SCC(=O)N[C@H]2CCCC[C@H]2C)nc2ccccc2c1=O. The molecule has 152 valence electrons. The van der Waals surface area contributed by atoms with Crippen LogP contribution in [0.3, 0.4) is 0 Å². The molecule has 1 aromatic carbocycles. The molecular formula is C22H31N3O2S. The van der Waals surface area contributed by atoms with E-state index in [1.54, 1.807) is 4.57 Å². The van der Waals surface area contributed by atoms with Crippen LogP contribution >= 0.6 is 11.8 Å². The summed E-state index contributed by atoms with van der Waals surface area (Å²) in [5, 5.41) is 4.46. The lowest BCUT2D eigenvalue weighted by atomic mass is 9.86. The van der Waals surface area contributed by atoms with Crippen molar-refractivity contribution >= 4 is 28.6 Å². The summed E-state index contributed by atoms with van der Waals surface area (Å²) < 4.78 is 1.74. The number of hydrogen-bond acceptors (Lipinski definition) is 4. The van der Waals surface area contributed by atoms with Gasteiger partial charge in [0.1, 0.15) is 0 Å². The fourth-order valence-electron chi connectivity index (χ4n) is 3.75. The smallest absolute Gasteiger partial charge is 0.262 e. The molecule has 1 N–H and O–H groups in total. The highest BCUT2D eigenvalue weighted by Crippen LogP contribution is 2.24. The first-order valence-corrected chi connectivity index (χ1v) is 11.4. The molecular weight excluding hydrogens is 370 g/mol. The highest BCUT2D eigenvalue weighted by Gasteiger charge is 2.23. The van der Waals surface area contributed by atoms with E-state index in [2.05, 4.69) is 26.1 Å². The summed E-state index contributed by atoms with van der Waals surface area (Å²) >= 11 is 1.37. The Labute approximate surface area is 171 Å². The zero-order valence-corrected chi connectivity index (χ0v) is 17.9. The Bertz CT molecular complexity index is 878.